The Hall–Kier alpha value is -3.06. The molecule has 0 aliphatic rings. The third-order valence-electron chi connectivity index (χ3n) is 4.19. The minimum atomic E-state index is -4.53. The summed E-state index contributed by atoms with van der Waals surface area (Å²) in [5.41, 5.74) is 6.45. The maximum absolute atomic E-state index is 11.9. The zero-order valence-electron chi connectivity index (χ0n) is 15.3. The number of hydrogen-bond acceptors (Lipinski definition) is 9. The van der Waals surface area contributed by atoms with Gasteiger partial charge < -0.3 is 15.9 Å². The Balaban J connectivity index is 2.03. The number of rotatable bonds is 6. The number of aliphatic hydroxyl groups is 1. The van der Waals surface area contributed by atoms with Gasteiger partial charge in [-0.1, -0.05) is 6.07 Å². The van der Waals surface area contributed by atoms with Crippen molar-refractivity contribution in [1.29, 1.82) is 0 Å². The van der Waals surface area contributed by atoms with Gasteiger partial charge in [0.25, 0.3) is 10.1 Å². The molecule has 0 unspecified atom stereocenters. The van der Waals surface area contributed by atoms with E-state index in [2.05, 4.69) is 10.2 Å². The lowest BCUT2D eigenvalue weighted by atomic mass is 10.1. The zero-order valence-corrected chi connectivity index (χ0v) is 16.9. The van der Waals surface area contributed by atoms with Crippen LogP contribution in [0.15, 0.2) is 68.6 Å². The van der Waals surface area contributed by atoms with Crippen LogP contribution in [0.25, 0.3) is 10.8 Å². The highest BCUT2D eigenvalue weighted by atomic mass is 32.2. The normalized spacial score (nSPS) is 12.6. The topological polar surface area (TPSA) is 180 Å². The number of phenols is 1. The van der Waals surface area contributed by atoms with E-state index >= 15 is 0 Å². The summed E-state index contributed by atoms with van der Waals surface area (Å²) in [5.74, 6) is -0.863. The number of nitrogen functional groups attached to an aromatic ring is 1. The third-order valence-corrected chi connectivity index (χ3v) is 6.74. The van der Waals surface area contributed by atoms with Crippen molar-refractivity contribution in [2.24, 2.45) is 10.2 Å². The first-order valence-electron chi connectivity index (χ1n) is 8.41. The van der Waals surface area contributed by atoms with Crippen molar-refractivity contribution in [3.8, 4) is 5.75 Å². The first kappa shape index (κ1) is 21.6. The summed E-state index contributed by atoms with van der Waals surface area (Å²) in [4.78, 5) is -0.463. The molecule has 0 saturated carbocycles. The first-order chi connectivity index (χ1) is 14.0. The largest absolute Gasteiger partial charge is 0.507 e. The fourth-order valence-electron chi connectivity index (χ4n) is 2.74. The first-order valence-corrected chi connectivity index (χ1v) is 11.5. The lowest BCUT2D eigenvalue weighted by Crippen LogP contribution is -2.09. The lowest BCUT2D eigenvalue weighted by molar-refractivity contribution is 0.319. The van der Waals surface area contributed by atoms with Gasteiger partial charge in [-0.3, -0.25) is 4.55 Å². The summed E-state index contributed by atoms with van der Waals surface area (Å²) < 4.78 is 55.8. The number of benzene rings is 3. The fraction of sp³-hybridized carbons (Fsp3) is 0.111. The number of phenolic OH excluding ortho intramolecular Hbond substituents is 1. The highest BCUT2D eigenvalue weighted by Gasteiger charge is 2.17. The van der Waals surface area contributed by atoms with Crippen LogP contribution in [0.3, 0.4) is 0 Å². The molecule has 0 heterocycles. The van der Waals surface area contributed by atoms with Crippen LogP contribution in [0.5, 0.6) is 5.75 Å². The number of azo groups is 1. The van der Waals surface area contributed by atoms with Gasteiger partial charge in [0.15, 0.2) is 9.84 Å². The Morgan fingerprint density at radius 3 is 2.17 bits per heavy atom. The second kappa shape index (κ2) is 7.99. The minimum Gasteiger partial charge on any atom is -0.507 e. The maximum atomic E-state index is 11.9. The van der Waals surface area contributed by atoms with E-state index in [1.807, 2.05) is 0 Å². The van der Waals surface area contributed by atoms with E-state index in [9.17, 15) is 26.5 Å². The molecule has 0 aliphatic heterocycles. The van der Waals surface area contributed by atoms with Crippen molar-refractivity contribution in [1.82, 2.24) is 0 Å². The zero-order chi connectivity index (χ0) is 22.1. The molecule has 0 atom stereocenters. The summed E-state index contributed by atoms with van der Waals surface area (Å²) in [5, 5.41) is 27.5. The van der Waals surface area contributed by atoms with Crippen LogP contribution in [0.1, 0.15) is 0 Å². The van der Waals surface area contributed by atoms with Gasteiger partial charge in [-0.15, -0.1) is 5.11 Å². The number of hydrogen-bond donors (Lipinski definition) is 4. The highest BCUT2D eigenvalue weighted by molar-refractivity contribution is 7.91. The molecule has 12 heteroatoms. The molecule has 0 fully saturated rings. The van der Waals surface area contributed by atoms with E-state index in [1.54, 1.807) is 0 Å². The second-order valence-corrected chi connectivity index (χ2v) is 9.79. The van der Waals surface area contributed by atoms with Gasteiger partial charge in [0, 0.05) is 6.07 Å². The van der Waals surface area contributed by atoms with Gasteiger partial charge in [-0.2, -0.15) is 13.5 Å². The molecule has 3 aromatic rings. The second-order valence-electron chi connectivity index (χ2n) is 6.26. The van der Waals surface area contributed by atoms with Gasteiger partial charge in [-0.25, -0.2) is 8.42 Å². The SMILES string of the molecule is Nc1ccc2cc(S(=O)(=O)O)cc(O)c2c1N=Nc1ccc(S(=O)(=O)CCO)cc1. The van der Waals surface area contributed by atoms with Crippen LogP contribution in [-0.4, -0.2) is 44.0 Å². The van der Waals surface area contributed by atoms with Crippen molar-refractivity contribution in [2.45, 2.75) is 9.79 Å². The molecule has 0 radical (unpaired) electrons. The quantitative estimate of drug-likeness (QED) is 0.251. The standard InChI is InChI=1S/C18H17N3O7S2/c19-15-6-1-11-9-14(30(26,27)28)10-16(23)17(11)18(15)21-20-12-2-4-13(5-3-12)29(24,25)8-7-22/h1-6,9-10,22-23H,7-8,19H2,(H,26,27,28). The Bertz CT molecular complexity index is 1350. The summed E-state index contributed by atoms with van der Waals surface area (Å²) in [6.45, 7) is -0.493. The number of fused-ring (bicyclic) bond motifs is 1. The van der Waals surface area contributed by atoms with Crippen molar-refractivity contribution in [2.75, 3.05) is 18.1 Å². The van der Waals surface area contributed by atoms with Crippen molar-refractivity contribution in [3.63, 3.8) is 0 Å². The molecular weight excluding hydrogens is 434 g/mol. The summed E-state index contributed by atoms with van der Waals surface area (Å²) in [7, 11) is -8.12. The molecule has 0 bridgehead atoms. The van der Waals surface area contributed by atoms with Gasteiger partial charge in [0.05, 0.1) is 38.9 Å². The lowest BCUT2D eigenvalue weighted by Gasteiger charge is -2.09. The molecule has 3 rings (SSSR count). The Morgan fingerprint density at radius 2 is 1.57 bits per heavy atom. The summed E-state index contributed by atoms with van der Waals surface area (Å²) in [6, 6.07) is 10.4. The molecule has 3 aromatic carbocycles. The number of aromatic hydroxyl groups is 1. The van der Waals surface area contributed by atoms with Crippen LogP contribution < -0.4 is 5.73 Å². The Kier molecular flexibility index (Phi) is 5.76. The molecule has 10 nitrogen and oxygen atoms in total. The molecule has 158 valence electrons. The Morgan fingerprint density at radius 1 is 0.900 bits per heavy atom. The molecule has 0 amide bonds. The van der Waals surface area contributed by atoms with Gasteiger partial charge >= 0.3 is 0 Å². The molecule has 5 N–H and O–H groups in total. The number of nitrogens with two attached hydrogens (primary N) is 1. The molecule has 0 aliphatic carbocycles. The predicted octanol–water partition coefficient (Wildman–Crippen LogP) is 2.56. The van der Waals surface area contributed by atoms with E-state index in [4.69, 9.17) is 10.8 Å². The van der Waals surface area contributed by atoms with E-state index < -0.39 is 43.0 Å². The van der Waals surface area contributed by atoms with E-state index in [0.717, 1.165) is 12.1 Å². The van der Waals surface area contributed by atoms with Crippen LogP contribution in [-0.2, 0) is 20.0 Å². The fourth-order valence-corrected chi connectivity index (χ4v) is 4.30. The number of aliphatic hydroxyl groups excluding tert-OH is 1. The average molecular weight is 451 g/mol. The van der Waals surface area contributed by atoms with Crippen molar-refractivity contribution >= 4 is 47.8 Å². The minimum absolute atomic E-state index is 0.0237. The molecule has 0 aromatic heterocycles. The maximum Gasteiger partial charge on any atom is 0.294 e. The van der Waals surface area contributed by atoms with Crippen LogP contribution in [0, 0.1) is 0 Å². The average Bonchev–Trinajstić information content (AvgIpc) is 2.67. The number of sulfone groups is 1. The summed E-state index contributed by atoms with van der Waals surface area (Å²) in [6.07, 6.45) is 0. The van der Waals surface area contributed by atoms with Crippen LogP contribution >= 0.6 is 0 Å². The summed E-state index contributed by atoms with van der Waals surface area (Å²) >= 11 is 0. The van der Waals surface area contributed by atoms with Gasteiger partial charge in [0.1, 0.15) is 11.4 Å². The van der Waals surface area contributed by atoms with Gasteiger partial charge in [-0.05, 0) is 41.8 Å². The monoisotopic (exact) mass is 451 g/mol. The third kappa shape index (κ3) is 4.41. The van der Waals surface area contributed by atoms with E-state index in [1.165, 1.54) is 36.4 Å². The number of anilines is 1. The number of nitrogens with zero attached hydrogens (tertiary/aromatic N) is 2. The van der Waals surface area contributed by atoms with Gasteiger partial charge in [0.2, 0.25) is 0 Å². The predicted molar refractivity (Wildman–Crippen MR) is 110 cm³/mol. The van der Waals surface area contributed by atoms with Crippen molar-refractivity contribution < 1.29 is 31.6 Å². The smallest absolute Gasteiger partial charge is 0.294 e. The van der Waals surface area contributed by atoms with Crippen LogP contribution in [0.4, 0.5) is 17.1 Å². The van der Waals surface area contributed by atoms with E-state index in [0.29, 0.717) is 5.69 Å². The molecule has 0 spiro atoms. The molecular formula is C18H17N3O7S2. The molecule has 0 saturated heterocycles. The highest BCUT2D eigenvalue weighted by Crippen LogP contribution is 2.40. The van der Waals surface area contributed by atoms with E-state index in [-0.39, 0.29) is 27.0 Å². The Labute approximate surface area is 172 Å². The van der Waals surface area contributed by atoms with Crippen LogP contribution in [0.2, 0.25) is 0 Å². The molecule has 30 heavy (non-hydrogen) atoms. The van der Waals surface area contributed by atoms with Crippen molar-refractivity contribution in [3.05, 3.63) is 48.5 Å².